The molecule has 2 aromatic rings. The first kappa shape index (κ1) is 19.4. The molecule has 1 aliphatic rings. The lowest BCUT2D eigenvalue weighted by molar-refractivity contribution is 0.267. The van der Waals surface area contributed by atoms with Crippen LogP contribution >= 0.6 is 11.6 Å². The Labute approximate surface area is 159 Å². The molecule has 26 heavy (non-hydrogen) atoms. The Kier molecular flexibility index (Phi) is 5.44. The first-order valence-corrected chi connectivity index (χ1v) is 10.5. The van der Waals surface area contributed by atoms with Crippen molar-refractivity contribution in [3.05, 3.63) is 46.3 Å². The highest BCUT2D eigenvalue weighted by molar-refractivity contribution is 7.89. The first-order chi connectivity index (χ1) is 12.3. The number of nitrogens with two attached hydrogens (primary N) is 1. The smallest absolute Gasteiger partial charge is 0.246 e. The van der Waals surface area contributed by atoms with E-state index < -0.39 is 10.0 Å². The summed E-state index contributed by atoms with van der Waals surface area (Å²) in [6, 6.07) is 7.66. The first-order valence-electron chi connectivity index (χ1n) is 8.69. The van der Waals surface area contributed by atoms with E-state index in [1.165, 1.54) is 0 Å². The van der Waals surface area contributed by atoms with E-state index in [9.17, 15) is 8.42 Å². The van der Waals surface area contributed by atoms with Crippen LogP contribution in [0.4, 0.5) is 0 Å². The summed E-state index contributed by atoms with van der Waals surface area (Å²) in [5.74, 6) is 0.307. The summed E-state index contributed by atoms with van der Waals surface area (Å²) >= 11 is 6.14. The van der Waals surface area contributed by atoms with Gasteiger partial charge in [0.15, 0.2) is 5.76 Å². The van der Waals surface area contributed by atoms with Crippen LogP contribution in [0.3, 0.4) is 0 Å². The molecule has 3 N–H and O–H groups in total. The number of hydrogen-bond donors (Lipinski definition) is 2. The lowest BCUT2D eigenvalue weighted by atomic mass is 9.68. The average Bonchev–Trinajstić information content (AvgIpc) is 2.95. The van der Waals surface area contributed by atoms with Gasteiger partial charge < -0.3 is 10.3 Å². The molecule has 1 aromatic carbocycles. The number of aromatic nitrogens is 1. The van der Waals surface area contributed by atoms with E-state index in [0.29, 0.717) is 35.9 Å². The number of nitrogens with one attached hydrogen (secondary N) is 1. The van der Waals surface area contributed by atoms with Gasteiger partial charge in [-0.2, -0.15) is 0 Å². The zero-order chi connectivity index (χ0) is 18.9. The van der Waals surface area contributed by atoms with Gasteiger partial charge in [-0.3, -0.25) is 0 Å². The van der Waals surface area contributed by atoms with Gasteiger partial charge in [0.2, 0.25) is 10.0 Å². The zero-order valence-corrected chi connectivity index (χ0v) is 16.5. The van der Waals surface area contributed by atoms with Crippen LogP contribution in [0.15, 0.2) is 33.7 Å². The van der Waals surface area contributed by atoms with Gasteiger partial charge in [0.1, 0.15) is 10.6 Å². The summed E-state index contributed by atoms with van der Waals surface area (Å²) in [6.45, 7) is 3.75. The molecular weight excluding hydrogens is 374 g/mol. The average molecular weight is 398 g/mol. The van der Waals surface area contributed by atoms with Gasteiger partial charge in [-0.15, -0.1) is 0 Å². The second-order valence-electron chi connectivity index (χ2n) is 7.04. The number of benzene rings is 1. The molecule has 6 nitrogen and oxygen atoms in total. The summed E-state index contributed by atoms with van der Waals surface area (Å²) in [5.41, 5.74) is 7.45. The van der Waals surface area contributed by atoms with Crippen molar-refractivity contribution in [2.75, 3.05) is 6.54 Å². The topological polar surface area (TPSA) is 98.2 Å². The van der Waals surface area contributed by atoms with Crippen LogP contribution in [0.1, 0.15) is 42.7 Å². The fourth-order valence-electron chi connectivity index (χ4n) is 3.85. The second kappa shape index (κ2) is 7.31. The van der Waals surface area contributed by atoms with Crippen molar-refractivity contribution < 1.29 is 12.9 Å². The van der Waals surface area contributed by atoms with Crippen LogP contribution < -0.4 is 10.5 Å². The lowest BCUT2D eigenvalue weighted by Crippen LogP contribution is -2.45. The summed E-state index contributed by atoms with van der Waals surface area (Å²) in [7, 11) is -3.65. The molecule has 0 spiro atoms. The van der Waals surface area contributed by atoms with Gasteiger partial charge in [0, 0.05) is 23.0 Å². The van der Waals surface area contributed by atoms with E-state index in [2.05, 4.69) is 9.88 Å². The Morgan fingerprint density at radius 3 is 2.58 bits per heavy atom. The molecule has 1 heterocycles. The summed E-state index contributed by atoms with van der Waals surface area (Å²) < 4.78 is 33.2. The predicted octanol–water partition coefficient (Wildman–Crippen LogP) is 3.06. The minimum absolute atomic E-state index is 0.132. The quantitative estimate of drug-likeness (QED) is 0.807. The van der Waals surface area contributed by atoms with Gasteiger partial charge in [-0.25, -0.2) is 13.1 Å². The third kappa shape index (κ3) is 3.67. The normalized spacial score (nSPS) is 23.9. The van der Waals surface area contributed by atoms with E-state index in [1.54, 1.807) is 13.8 Å². The minimum Gasteiger partial charge on any atom is -0.360 e. The number of rotatable bonds is 5. The van der Waals surface area contributed by atoms with E-state index in [4.69, 9.17) is 21.9 Å². The van der Waals surface area contributed by atoms with E-state index in [-0.39, 0.29) is 16.4 Å². The molecule has 1 fully saturated rings. The van der Waals surface area contributed by atoms with Crippen LogP contribution in [-0.4, -0.2) is 26.2 Å². The highest BCUT2D eigenvalue weighted by atomic mass is 35.5. The fourth-order valence-corrected chi connectivity index (χ4v) is 5.68. The third-order valence-corrected chi connectivity index (χ3v) is 7.33. The maximum absolute atomic E-state index is 12.7. The van der Waals surface area contributed by atoms with Crippen LogP contribution in [-0.2, 0) is 15.4 Å². The van der Waals surface area contributed by atoms with Crippen molar-refractivity contribution in [1.82, 2.24) is 9.88 Å². The van der Waals surface area contributed by atoms with Crippen LogP contribution in [0, 0.1) is 13.8 Å². The van der Waals surface area contributed by atoms with Crippen molar-refractivity contribution >= 4 is 21.6 Å². The number of hydrogen-bond acceptors (Lipinski definition) is 5. The molecule has 0 unspecified atom stereocenters. The molecule has 0 amide bonds. The SMILES string of the molecule is Cc1noc(C)c1S(=O)(=O)NC1CCC(CN)(c2cccc(Cl)c2)CC1. The molecular formula is C18H24ClN3O3S. The molecule has 0 atom stereocenters. The third-order valence-electron chi connectivity index (χ3n) is 5.33. The van der Waals surface area contributed by atoms with Crippen LogP contribution in [0.2, 0.25) is 5.02 Å². The minimum atomic E-state index is -3.65. The largest absolute Gasteiger partial charge is 0.360 e. The highest BCUT2D eigenvalue weighted by Gasteiger charge is 2.37. The van der Waals surface area contributed by atoms with E-state index >= 15 is 0 Å². The molecule has 8 heteroatoms. The molecule has 1 saturated carbocycles. The maximum atomic E-state index is 12.7. The Balaban J connectivity index is 1.74. The number of sulfonamides is 1. The monoisotopic (exact) mass is 397 g/mol. The van der Waals surface area contributed by atoms with Gasteiger partial charge in [0.05, 0.1) is 0 Å². The summed E-state index contributed by atoms with van der Waals surface area (Å²) in [5, 5.41) is 4.43. The molecule has 1 aromatic heterocycles. The van der Waals surface area contributed by atoms with Gasteiger partial charge in [-0.1, -0.05) is 28.9 Å². The predicted molar refractivity (Wildman–Crippen MR) is 101 cm³/mol. The Hall–Kier alpha value is -1.41. The lowest BCUT2D eigenvalue weighted by Gasteiger charge is -2.40. The number of aryl methyl sites for hydroxylation is 2. The molecule has 142 valence electrons. The van der Waals surface area contributed by atoms with Crippen LogP contribution in [0.5, 0.6) is 0 Å². The molecule has 0 aliphatic heterocycles. The van der Waals surface area contributed by atoms with E-state index in [0.717, 1.165) is 18.4 Å². The second-order valence-corrected chi connectivity index (χ2v) is 9.13. The molecule has 0 bridgehead atoms. The standard InChI is InChI=1S/C18H24ClN3O3S/c1-12-17(13(2)25-21-12)26(23,24)22-16-6-8-18(11-20,9-7-16)14-4-3-5-15(19)10-14/h3-5,10,16,22H,6-9,11,20H2,1-2H3. The number of halogens is 1. The Morgan fingerprint density at radius 2 is 2.04 bits per heavy atom. The Morgan fingerprint density at radius 1 is 1.35 bits per heavy atom. The molecule has 3 rings (SSSR count). The summed E-state index contributed by atoms with van der Waals surface area (Å²) in [4.78, 5) is 0.142. The number of nitrogens with zero attached hydrogens (tertiary/aromatic N) is 1. The maximum Gasteiger partial charge on any atom is 0.246 e. The van der Waals surface area contributed by atoms with E-state index in [1.807, 2.05) is 24.3 Å². The van der Waals surface area contributed by atoms with Crippen molar-refractivity contribution in [1.29, 1.82) is 0 Å². The van der Waals surface area contributed by atoms with Crippen LogP contribution in [0.25, 0.3) is 0 Å². The van der Waals surface area contributed by atoms with Crippen molar-refractivity contribution in [2.45, 2.75) is 55.9 Å². The molecule has 0 radical (unpaired) electrons. The molecule has 0 saturated heterocycles. The van der Waals surface area contributed by atoms with Gasteiger partial charge >= 0.3 is 0 Å². The fraction of sp³-hybridized carbons (Fsp3) is 0.500. The zero-order valence-electron chi connectivity index (χ0n) is 15.0. The van der Waals surface area contributed by atoms with Crippen molar-refractivity contribution in [3.63, 3.8) is 0 Å². The van der Waals surface area contributed by atoms with Crippen molar-refractivity contribution in [3.8, 4) is 0 Å². The van der Waals surface area contributed by atoms with Crippen molar-refractivity contribution in [2.24, 2.45) is 5.73 Å². The molecule has 1 aliphatic carbocycles. The summed E-state index contributed by atoms with van der Waals surface area (Å²) in [6.07, 6.45) is 3.04. The highest BCUT2D eigenvalue weighted by Crippen LogP contribution is 2.40. The Bertz CT molecular complexity index is 867. The van der Waals surface area contributed by atoms with Gasteiger partial charge in [-0.05, 0) is 57.2 Å². The van der Waals surface area contributed by atoms with Gasteiger partial charge in [0.25, 0.3) is 0 Å².